The average Bonchev–Trinajstić information content (AvgIpc) is 2.97. The van der Waals surface area contributed by atoms with E-state index in [0.29, 0.717) is 30.0 Å². The van der Waals surface area contributed by atoms with Gasteiger partial charge in [-0.1, -0.05) is 36.4 Å². The fourth-order valence-corrected chi connectivity index (χ4v) is 4.29. The molecular weight excluding hydrogens is 484 g/mol. The van der Waals surface area contributed by atoms with Crippen molar-refractivity contribution in [3.63, 3.8) is 0 Å². The number of pyridine rings is 1. The van der Waals surface area contributed by atoms with Crippen LogP contribution in [0.4, 0.5) is 5.69 Å². The summed E-state index contributed by atoms with van der Waals surface area (Å²) in [6.07, 6.45) is 2.36. The molecule has 1 aliphatic rings. The molecular formula is C29H26N4O5. The maximum Gasteiger partial charge on any atom is 0.355 e. The van der Waals surface area contributed by atoms with Gasteiger partial charge in [0.15, 0.2) is 0 Å². The van der Waals surface area contributed by atoms with E-state index in [-0.39, 0.29) is 22.7 Å². The third-order valence-corrected chi connectivity index (χ3v) is 6.06. The molecule has 0 radical (unpaired) electrons. The highest BCUT2D eigenvalue weighted by atomic mass is 16.5. The van der Waals surface area contributed by atoms with Crippen LogP contribution in [-0.4, -0.2) is 37.7 Å². The zero-order chi connectivity index (χ0) is 27.1. The Bertz CT molecular complexity index is 1410. The molecule has 192 valence electrons. The molecule has 1 aliphatic heterocycles. The molecule has 2 heterocycles. The Morgan fingerprint density at radius 2 is 1.66 bits per heavy atom. The van der Waals surface area contributed by atoms with Crippen LogP contribution in [-0.2, 0) is 25.5 Å². The molecule has 1 unspecified atom stereocenters. The van der Waals surface area contributed by atoms with E-state index in [1.807, 2.05) is 18.2 Å². The monoisotopic (exact) mass is 510 g/mol. The number of carbonyl (C=O) groups is 2. The number of aromatic nitrogens is 1. The van der Waals surface area contributed by atoms with Gasteiger partial charge < -0.3 is 19.9 Å². The molecule has 3 aromatic rings. The number of anilines is 1. The van der Waals surface area contributed by atoms with Gasteiger partial charge in [-0.2, -0.15) is 5.26 Å². The van der Waals surface area contributed by atoms with Crippen LogP contribution < -0.4 is 15.4 Å². The first-order valence-corrected chi connectivity index (χ1v) is 11.8. The van der Waals surface area contributed by atoms with Crippen LogP contribution in [0.5, 0.6) is 5.75 Å². The van der Waals surface area contributed by atoms with Gasteiger partial charge in [-0.25, -0.2) is 9.59 Å². The van der Waals surface area contributed by atoms with Gasteiger partial charge in [0.25, 0.3) is 0 Å². The van der Waals surface area contributed by atoms with Crippen molar-refractivity contribution in [2.75, 3.05) is 25.7 Å². The Morgan fingerprint density at radius 1 is 0.974 bits per heavy atom. The Labute approximate surface area is 220 Å². The average molecular weight is 511 g/mol. The van der Waals surface area contributed by atoms with Crippen molar-refractivity contribution in [3.8, 4) is 11.8 Å². The van der Waals surface area contributed by atoms with Crippen molar-refractivity contribution in [1.82, 2.24) is 4.98 Å². The van der Waals surface area contributed by atoms with Crippen LogP contribution >= 0.6 is 0 Å². The zero-order valence-electron chi connectivity index (χ0n) is 21.0. The number of nitrogens with zero attached hydrogens (tertiary/aromatic N) is 3. The predicted molar refractivity (Wildman–Crippen MR) is 139 cm³/mol. The van der Waals surface area contributed by atoms with Crippen LogP contribution in [0.15, 0.2) is 102 Å². The molecule has 1 aromatic heterocycles. The van der Waals surface area contributed by atoms with E-state index >= 15 is 0 Å². The van der Waals surface area contributed by atoms with Gasteiger partial charge in [-0.3, -0.25) is 9.88 Å². The number of benzene rings is 2. The molecule has 38 heavy (non-hydrogen) atoms. The summed E-state index contributed by atoms with van der Waals surface area (Å²) in [5.41, 5.74) is 8.38. The third-order valence-electron chi connectivity index (χ3n) is 6.06. The topological polar surface area (TPSA) is 128 Å². The molecule has 0 saturated carbocycles. The van der Waals surface area contributed by atoms with Gasteiger partial charge in [-0.15, -0.1) is 0 Å². The minimum Gasteiger partial charge on any atom is -0.493 e. The lowest BCUT2D eigenvalue weighted by atomic mass is 9.81. The van der Waals surface area contributed by atoms with Crippen molar-refractivity contribution >= 4 is 17.6 Å². The predicted octanol–water partition coefficient (Wildman–Crippen LogP) is 3.60. The summed E-state index contributed by atoms with van der Waals surface area (Å²) in [7, 11) is 2.42. The highest BCUT2D eigenvalue weighted by molar-refractivity contribution is 6.06. The maximum absolute atomic E-state index is 13.1. The summed E-state index contributed by atoms with van der Waals surface area (Å²) in [6, 6.07) is 23.5. The summed E-state index contributed by atoms with van der Waals surface area (Å²) < 4.78 is 15.9. The summed E-state index contributed by atoms with van der Waals surface area (Å²) >= 11 is 0. The summed E-state index contributed by atoms with van der Waals surface area (Å²) in [6.45, 7) is 0.416. The number of carbonyl (C=O) groups excluding carboxylic acids is 2. The Kier molecular flexibility index (Phi) is 8.04. The molecule has 0 aliphatic carbocycles. The van der Waals surface area contributed by atoms with E-state index in [1.165, 1.54) is 19.1 Å². The zero-order valence-corrected chi connectivity index (χ0v) is 21.0. The van der Waals surface area contributed by atoms with Crippen LogP contribution in [0.1, 0.15) is 17.2 Å². The largest absolute Gasteiger partial charge is 0.493 e. The van der Waals surface area contributed by atoms with E-state index in [0.717, 1.165) is 5.69 Å². The Balaban J connectivity index is 1.74. The molecule has 0 spiro atoms. The second-order valence-electron chi connectivity index (χ2n) is 8.25. The van der Waals surface area contributed by atoms with Gasteiger partial charge in [0, 0.05) is 24.0 Å². The molecule has 0 fully saturated rings. The molecule has 2 aromatic carbocycles. The summed E-state index contributed by atoms with van der Waals surface area (Å²) in [5.74, 6) is -1.92. The fourth-order valence-electron chi connectivity index (χ4n) is 4.29. The number of nitriles is 1. The van der Waals surface area contributed by atoms with Crippen molar-refractivity contribution in [2.45, 2.75) is 12.3 Å². The molecule has 0 amide bonds. The van der Waals surface area contributed by atoms with E-state index in [1.54, 1.807) is 60.8 Å². The van der Waals surface area contributed by atoms with E-state index in [9.17, 15) is 14.9 Å². The number of hydrogen-bond donors (Lipinski definition) is 1. The summed E-state index contributed by atoms with van der Waals surface area (Å²) in [4.78, 5) is 31.8. The van der Waals surface area contributed by atoms with Crippen molar-refractivity contribution in [1.29, 1.82) is 5.26 Å². The smallest absolute Gasteiger partial charge is 0.355 e. The van der Waals surface area contributed by atoms with E-state index in [2.05, 4.69) is 11.1 Å². The lowest BCUT2D eigenvalue weighted by Gasteiger charge is -2.35. The van der Waals surface area contributed by atoms with Crippen molar-refractivity contribution in [2.24, 2.45) is 5.73 Å². The Morgan fingerprint density at radius 3 is 2.26 bits per heavy atom. The number of esters is 2. The third kappa shape index (κ3) is 5.20. The van der Waals surface area contributed by atoms with Gasteiger partial charge in [-0.05, 0) is 42.0 Å². The van der Waals surface area contributed by atoms with Gasteiger partial charge in [0.2, 0.25) is 0 Å². The van der Waals surface area contributed by atoms with Crippen molar-refractivity contribution < 1.29 is 23.8 Å². The summed E-state index contributed by atoms with van der Waals surface area (Å²) in [5, 5.41) is 10.1. The first kappa shape index (κ1) is 26.0. The molecule has 9 heteroatoms. The minimum absolute atomic E-state index is 0.00164. The first-order valence-electron chi connectivity index (χ1n) is 11.8. The molecule has 1 atom stereocenters. The lowest BCUT2D eigenvalue weighted by Crippen LogP contribution is -2.40. The number of allylic oxidation sites excluding steroid dienone is 1. The highest BCUT2D eigenvalue weighted by Crippen LogP contribution is 2.43. The van der Waals surface area contributed by atoms with Gasteiger partial charge >= 0.3 is 11.9 Å². The Hall–Kier alpha value is -5.10. The first-order chi connectivity index (χ1) is 18.5. The fraction of sp³-hybridized carbons (Fsp3) is 0.172. The molecule has 9 nitrogen and oxygen atoms in total. The van der Waals surface area contributed by atoms with Crippen LogP contribution in [0.3, 0.4) is 0 Å². The SMILES string of the molecule is COC(=O)C1=C(C(=O)OC)N(c2ccc(OCCc3ccccn3)cc2)C(N)=C(C#N)C1c1ccccc1. The quantitative estimate of drug-likeness (QED) is 0.452. The van der Waals surface area contributed by atoms with E-state index < -0.39 is 17.9 Å². The second-order valence-corrected chi connectivity index (χ2v) is 8.25. The maximum atomic E-state index is 13.1. The number of nitrogens with two attached hydrogens (primary N) is 1. The number of hydrogen-bond acceptors (Lipinski definition) is 9. The highest BCUT2D eigenvalue weighted by Gasteiger charge is 2.42. The standard InChI is InChI=1S/C29H26N4O5/c1-36-28(34)25-24(19-8-4-3-5-9-19)23(18-30)27(31)33(26(25)29(35)37-2)21-11-13-22(14-12-21)38-17-15-20-10-6-7-16-32-20/h3-14,16,24H,15,17,31H2,1-2H3. The number of rotatable bonds is 8. The van der Waals surface area contributed by atoms with Crippen LogP contribution in [0, 0.1) is 11.3 Å². The van der Waals surface area contributed by atoms with Crippen LogP contribution in [0.2, 0.25) is 0 Å². The van der Waals surface area contributed by atoms with Gasteiger partial charge in [0.05, 0.1) is 44.0 Å². The lowest BCUT2D eigenvalue weighted by molar-refractivity contribution is -0.139. The molecule has 0 bridgehead atoms. The number of methoxy groups -OCH3 is 2. The second kappa shape index (κ2) is 11.8. The van der Waals surface area contributed by atoms with E-state index in [4.69, 9.17) is 19.9 Å². The molecule has 4 rings (SSSR count). The van der Waals surface area contributed by atoms with Crippen molar-refractivity contribution in [3.05, 3.63) is 113 Å². The minimum atomic E-state index is -0.923. The van der Waals surface area contributed by atoms with Gasteiger partial charge in [0.1, 0.15) is 17.3 Å². The normalized spacial score (nSPS) is 15.1. The molecule has 2 N–H and O–H groups in total. The number of ether oxygens (including phenoxy) is 3. The molecule has 0 saturated heterocycles. The van der Waals surface area contributed by atoms with Crippen LogP contribution in [0.25, 0.3) is 0 Å².